The molecule has 2 heterocycles. The Hall–Kier alpha value is -1.91. The normalized spacial score (nSPS) is 24.9. The molecule has 1 aliphatic heterocycles. The Bertz CT molecular complexity index is 586. The van der Waals surface area contributed by atoms with E-state index < -0.39 is 0 Å². The molecule has 130 valence electrons. The van der Waals surface area contributed by atoms with Crippen molar-refractivity contribution in [2.75, 3.05) is 0 Å². The molecule has 0 spiro atoms. The predicted octanol–water partition coefficient (Wildman–Crippen LogP) is 2.83. The molecule has 5 nitrogen and oxygen atoms in total. The van der Waals surface area contributed by atoms with Gasteiger partial charge in [-0.15, -0.1) is 0 Å². The minimum Gasteiger partial charge on any atom is -0.350 e. The fraction of sp³-hybridized carbons (Fsp3) is 0.632. The van der Waals surface area contributed by atoms with Crippen LogP contribution in [0.2, 0.25) is 0 Å². The van der Waals surface area contributed by atoms with Crippen LogP contribution >= 0.6 is 0 Å². The molecule has 24 heavy (non-hydrogen) atoms. The smallest absolute Gasteiger partial charge is 0.225 e. The lowest BCUT2D eigenvalue weighted by Gasteiger charge is -2.29. The maximum absolute atomic E-state index is 12.5. The first-order valence-electron chi connectivity index (χ1n) is 9.13. The van der Waals surface area contributed by atoms with E-state index in [1.165, 1.54) is 0 Å². The Morgan fingerprint density at radius 2 is 2.25 bits per heavy atom. The number of rotatable bonds is 7. The van der Waals surface area contributed by atoms with Gasteiger partial charge in [0.25, 0.3) is 0 Å². The van der Waals surface area contributed by atoms with Crippen LogP contribution < -0.4 is 5.32 Å². The second-order valence-corrected chi connectivity index (χ2v) is 7.13. The monoisotopic (exact) mass is 329 g/mol. The van der Waals surface area contributed by atoms with Crippen molar-refractivity contribution in [1.82, 2.24) is 15.2 Å². The number of likely N-dealkylation sites (tertiary alicyclic amines) is 1. The van der Waals surface area contributed by atoms with Crippen molar-refractivity contribution in [3.63, 3.8) is 0 Å². The first-order chi connectivity index (χ1) is 11.6. The highest BCUT2D eigenvalue weighted by molar-refractivity contribution is 5.84. The summed E-state index contributed by atoms with van der Waals surface area (Å²) >= 11 is 0. The summed E-state index contributed by atoms with van der Waals surface area (Å²) in [6.45, 7) is 4.10. The van der Waals surface area contributed by atoms with Crippen LogP contribution in [0.3, 0.4) is 0 Å². The van der Waals surface area contributed by atoms with E-state index in [0.717, 1.165) is 37.7 Å². The Balaban J connectivity index is 1.75. The number of nitrogens with one attached hydrogen (secondary N) is 1. The molecule has 1 aromatic heterocycles. The molecule has 2 fully saturated rings. The van der Waals surface area contributed by atoms with Crippen LogP contribution in [-0.2, 0) is 9.59 Å². The number of hydrogen-bond donors (Lipinski definition) is 1. The van der Waals surface area contributed by atoms with Crippen molar-refractivity contribution >= 4 is 11.8 Å². The standard InChI is InChI=1S/C19H27N3O2/c1-3-4-6-13(2)19(24)21-16-11-17(23)22(15-8-9-15)18(16)14-7-5-10-20-12-14/h5,7,10,12-13,15-16,18H,3-4,6,8-9,11H2,1-2H3,(H,21,24)/t13?,16-,18+/m1/s1. The highest BCUT2D eigenvalue weighted by Gasteiger charge is 2.47. The van der Waals surface area contributed by atoms with Crippen LogP contribution in [0, 0.1) is 5.92 Å². The second kappa shape index (κ2) is 7.32. The molecule has 3 atom stereocenters. The largest absolute Gasteiger partial charge is 0.350 e. The van der Waals surface area contributed by atoms with Gasteiger partial charge >= 0.3 is 0 Å². The Morgan fingerprint density at radius 1 is 1.46 bits per heavy atom. The van der Waals surface area contributed by atoms with Gasteiger partial charge in [-0.2, -0.15) is 0 Å². The summed E-state index contributed by atoms with van der Waals surface area (Å²) in [6, 6.07) is 4.00. The van der Waals surface area contributed by atoms with Gasteiger partial charge in [-0.1, -0.05) is 32.8 Å². The number of aromatic nitrogens is 1. The molecule has 1 saturated heterocycles. The van der Waals surface area contributed by atoms with Crippen LogP contribution in [-0.4, -0.2) is 33.8 Å². The van der Waals surface area contributed by atoms with E-state index in [2.05, 4.69) is 17.2 Å². The molecule has 1 aliphatic carbocycles. The molecule has 1 N–H and O–H groups in total. The molecular weight excluding hydrogens is 302 g/mol. The quantitative estimate of drug-likeness (QED) is 0.837. The van der Waals surface area contributed by atoms with E-state index in [0.29, 0.717) is 12.5 Å². The molecule has 5 heteroatoms. The molecule has 2 aliphatic rings. The van der Waals surface area contributed by atoms with Crippen LogP contribution in [0.25, 0.3) is 0 Å². The van der Waals surface area contributed by atoms with Crippen LogP contribution in [0.1, 0.15) is 64.0 Å². The average Bonchev–Trinajstić information content (AvgIpc) is 3.37. The van der Waals surface area contributed by atoms with Gasteiger partial charge in [0.1, 0.15) is 0 Å². The van der Waals surface area contributed by atoms with E-state index in [-0.39, 0.29) is 29.8 Å². The summed E-state index contributed by atoms with van der Waals surface area (Å²) in [5, 5.41) is 3.15. The zero-order valence-corrected chi connectivity index (χ0v) is 14.6. The van der Waals surface area contributed by atoms with Crippen molar-refractivity contribution in [3.05, 3.63) is 30.1 Å². The number of carbonyl (C=O) groups excluding carboxylic acids is 2. The summed E-state index contributed by atoms with van der Waals surface area (Å²) in [6.07, 6.45) is 9.12. The number of nitrogens with zero attached hydrogens (tertiary/aromatic N) is 2. The lowest BCUT2D eigenvalue weighted by molar-refractivity contribution is -0.129. The van der Waals surface area contributed by atoms with E-state index in [9.17, 15) is 9.59 Å². The minimum atomic E-state index is -0.154. The van der Waals surface area contributed by atoms with Crippen LogP contribution in [0.4, 0.5) is 0 Å². The van der Waals surface area contributed by atoms with Crippen molar-refractivity contribution in [2.24, 2.45) is 5.92 Å². The maximum Gasteiger partial charge on any atom is 0.225 e. The third-order valence-corrected chi connectivity index (χ3v) is 5.10. The molecular formula is C19H27N3O2. The lowest BCUT2D eigenvalue weighted by Crippen LogP contribution is -2.42. The molecule has 3 rings (SSSR count). The van der Waals surface area contributed by atoms with E-state index in [4.69, 9.17) is 0 Å². The summed E-state index contributed by atoms with van der Waals surface area (Å²) in [5.41, 5.74) is 1.02. The summed E-state index contributed by atoms with van der Waals surface area (Å²) in [5.74, 6) is 0.204. The summed E-state index contributed by atoms with van der Waals surface area (Å²) < 4.78 is 0. The van der Waals surface area contributed by atoms with Crippen molar-refractivity contribution < 1.29 is 9.59 Å². The molecule has 2 amide bonds. The number of hydrogen-bond acceptors (Lipinski definition) is 3. The summed E-state index contributed by atoms with van der Waals surface area (Å²) in [4.78, 5) is 31.2. The van der Waals surface area contributed by atoms with E-state index >= 15 is 0 Å². The van der Waals surface area contributed by atoms with Crippen molar-refractivity contribution in [3.8, 4) is 0 Å². The third-order valence-electron chi connectivity index (χ3n) is 5.10. The maximum atomic E-state index is 12.5. The number of pyridine rings is 1. The third kappa shape index (κ3) is 3.60. The molecule has 1 unspecified atom stereocenters. The van der Waals surface area contributed by atoms with Gasteiger partial charge in [-0.3, -0.25) is 14.6 Å². The highest BCUT2D eigenvalue weighted by Crippen LogP contribution is 2.41. The molecule has 1 aromatic rings. The zero-order valence-electron chi connectivity index (χ0n) is 14.6. The number of carbonyl (C=O) groups is 2. The van der Waals surface area contributed by atoms with Gasteiger partial charge < -0.3 is 10.2 Å². The average molecular weight is 329 g/mol. The van der Waals surface area contributed by atoms with Crippen molar-refractivity contribution in [1.29, 1.82) is 0 Å². The zero-order chi connectivity index (χ0) is 17.1. The van der Waals surface area contributed by atoms with E-state index in [1.54, 1.807) is 6.20 Å². The lowest BCUT2D eigenvalue weighted by atomic mass is 9.99. The van der Waals surface area contributed by atoms with Gasteiger partial charge in [0.2, 0.25) is 11.8 Å². The first kappa shape index (κ1) is 16.9. The number of amides is 2. The molecule has 0 aromatic carbocycles. The summed E-state index contributed by atoms with van der Waals surface area (Å²) in [7, 11) is 0. The van der Waals surface area contributed by atoms with Gasteiger partial charge in [0.05, 0.1) is 12.1 Å². The van der Waals surface area contributed by atoms with Gasteiger partial charge in [-0.25, -0.2) is 0 Å². The Morgan fingerprint density at radius 3 is 2.88 bits per heavy atom. The Labute approximate surface area is 143 Å². The van der Waals surface area contributed by atoms with E-state index in [1.807, 2.05) is 30.2 Å². The van der Waals surface area contributed by atoms with Crippen molar-refractivity contribution in [2.45, 2.75) is 70.5 Å². The molecule has 1 saturated carbocycles. The van der Waals surface area contributed by atoms with Crippen LogP contribution in [0.15, 0.2) is 24.5 Å². The molecule has 0 radical (unpaired) electrons. The predicted molar refractivity (Wildman–Crippen MR) is 92.1 cm³/mol. The number of unbranched alkanes of at least 4 members (excludes halogenated alkanes) is 1. The SMILES string of the molecule is CCCCC(C)C(=O)N[C@@H]1CC(=O)N(C2CC2)[C@H]1c1cccnc1. The van der Waals surface area contributed by atoms with Gasteiger partial charge in [-0.05, 0) is 30.9 Å². The highest BCUT2D eigenvalue weighted by atomic mass is 16.2. The van der Waals surface area contributed by atoms with Gasteiger partial charge in [0, 0.05) is 30.8 Å². The fourth-order valence-electron chi connectivity index (χ4n) is 3.58. The second-order valence-electron chi connectivity index (χ2n) is 7.13. The first-order valence-corrected chi connectivity index (χ1v) is 9.13. The topological polar surface area (TPSA) is 62.3 Å². The molecule has 0 bridgehead atoms. The van der Waals surface area contributed by atoms with Crippen LogP contribution in [0.5, 0.6) is 0 Å². The Kier molecular flexibility index (Phi) is 5.17. The van der Waals surface area contributed by atoms with Gasteiger partial charge in [0.15, 0.2) is 0 Å². The fourth-order valence-corrected chi connectivity index (χ4v) is 3.58. The minimum absolute atomic E-state index is 0.00965.